The second kappa shape index (κ2) is 4.81. The van der Waals surface area contributed by atoms with Gasteiger partial charge in [0.1, 0.15) is 0 Å². The van der Waals surface area contributed by atoms with E-state index in [0.717, 1.165) is 37.3 Å². The lowest BCUT2D eigenvalue weighted by atomic mass is 9.92. The van der Waals surface area contributed by atoms with Crippen molar-refractivity contribution < 1.29 is 0 Å². The third kappa shape index (κ3) is 2.89. The molecular formula is C14H25N3. The minimum Gasteiger partial charge on any atom is -0.325 e. The molecule has 3 nitrogen and oxygen atoms in total. The lowest BCUT2D eigenvalue weighted by molar-refractivity contribution is 0.407. The summed E-state index contributed by atoms with van der Waals surface area (Å²) in [5, 5.41) is 4.65. The first-order chi connectivity index (χ1) is 8.02. The highest BCUT2D eigenvalue weighted by atomic mass is 15.3. The van der Waals surface area contributed by atoms with Crippen molar-refractivity contribution in [1.29, 1.82) is 0 Å². The molecule has 0 bridgehead atoms. The Balaban J connectivity index is 2.02. The summed E-state index contributed by atoms with van der Waals surface area (Å²) < 4.78 is 2.07. The van der Waals surface area contributed by atoms with Crippen molar-refractivity contribution in [2.75, 3.05) is 0 Å². The van der Waals surface area contributed by atoms with Crippen LogP contribution < -0.4 is 5.73 Å². The third-order valence-corrected chi connectivity index (χ3v) is 4.13. The Hall–Kier alpha value is -0.830. The van der Waals surface area contributed by atoms with E-state index in [1.165, 1.54) is 6.42 Å². The number of hydrogen-bond acceptors (Lipinski definition) is 2. The van der Waals surface area contributed by atoms with E-state index in [0.29, 0.717) is 6.04 Å². The van der Waals surface area contributed by atoms with Crippen LogP contribution >= 0.6 is 0 Å². The van der Waals surface area contributed by atoms with Crippen molar-refractivity contribution in [3.8, 4) is 0 Å². The summed E-state index contributed by atoms with van der Waals surface area (Å²) in [5.41, 5.74) is 7.60. The molecule has 0 spiro atoms. The van der Waals surface area contributed by atoms with Crippen LogP contribution in [-0.4, -0.2) is 15.3 Å². The minimum absolute atomic E-state index is 0.00590. The normalized spacial score (nSPS) is 30.7. The van der Waals surface area contributed by atoms with Gasteiger partial charge in [0.25, 0.3) is 0 Å². The molecule has 1 aliphatic rings. The van der Waals surface area contributed by atoms with Gasteiger partial charge in [0, 0.05) is 24.2 Å². The molecule has 2 rings (SSSR count). The Morgan fingerprint density at radius 1 is 1.65 bits per heavy atom. The molecule has 0 saturated heterocycles. The summed E-state index contributed by atoms with van der Waals surface area (Å²) in [6.45, 7) is 6.69. The quantitative estimate of drug-likeness (QED) is 0.872. The van der Waals surface area contributed by atoms with Crippen LogP contribution in [-0.2, 0) is 6.42 Å². The van der Waals surface area contributed by atoms with Crippen molar-refractivity contribution >= 4 is 0 Å². The number of rotatable bonds is 4. The van der Waals surface area contributed by atoms with Gasteiger partial charge in [-0.05, 0) is 44.6 Å². The van der Waals surface area contributed by atoms with Gasteiger partial charge in [-0.1, -0.05) is 13.8 Å². The predicted octanol–water partition coefficient (Wildman–Crippen LogP) is 2.91. The summed E-state index contributed by atoms with van der Waals surface area (Å²) in [4.78, 5) is 0. The van der Waals surface area contributed by atoms with E-state index in [-0.39, 0.29) is 5.54 Å². The molecule has 0 aromatic carbocycles. The second-order valence-electron chi connectivity index (χ2n) is 5.93. The van der Waals surface area contributed by atoms with E-state index < -0.39 is 0 Å². The zero-order chi connectivity index (χ0) is 12.5. The fraction of sp³-hybridized carbons (Fsp3) is 0.786. The number of nitrogens with zero attached hydrogens (tertiary/aromatic N) is 2. The molecule has 1 saturated carbocycles. The van der Waals surface area contributed by atoms with Gasteiger partial charge in [-0.25, -0.2) is 0 Å². The average molecular weight is 235 g/mol. The first kappa shape index (κ1) is 12.6. The zero-order valence-electron chi connectivity index (χ0n) is 11.3. The van der Waals surface area contributed by atoms with E-state index in [1.54, 1.807) is 0 Å². The van der Waals surface area contributed by atoms with Gasteiger partial charge in [-0.2, -0.15) is 5.10 Å². The van der Waals surface area contributed by atoms with Crippen molar-refractivity contribution in [1.82, 2.24) is 9.78 Å². The van der Waals surface area contributed by atoms with Crippen LogP contribution in [0.15, 0.2) is 12.3 Å². The number of aromatic nitrogens is 2. The highest BCUT2D eigenvalue weighted by Crippen LogP contribution is 2.34. The summed E-state index contributed by atoms with van der Waals surface area (Å²) >= 11 is 0. The Kier molecular flexibility index (Phi) is 3.57. The van der Waals surface area contributed by atoms with Gasteiger partial charge in [-0.3, -0.25) is 4.68 Å². The highest BCUT2D eigenvalue weighted by Gasteiger charge is 2.34. The van der Waals surface area contributed by atoms with Crippen molar-refractivity contribution in [2.45, 2.75) is 64.5 Å². The van der Waals surface area contributed by atoms with Gasteiger partial charge in [0.2, 0.25) is 0 Å². The molecule has 1 heterocycles. The van der Waals surface area contributed by atoms with Crippen LogP contribution in [0.25, 0.3) is 0 Å². The smallest absolute Gasteiger partial charge is 0.0643 e. The van der Waals surface area contributed by atoms with Crippen LogP contribution in [0.3, 0.4) is 0 Å². The van der Waals surface area contributed by atoms with Crippen molar-refractivity contribution in [3.63, 3.8) is 0 Å². The van der Waals surface area contributed by atoms with E-state index in [9.17, 15) is 0 Å². The molecule has 3 heteroatoms. The summed E-state index contributed by atoms with van der Waals surface area (Å²) in [6, 6.07) is 2.61. The Morgan fingerprint density at radius 3 is 3.00 bits per heavy atom. The lowest BCUT2D eigenvalue weighted by Gasteiger charge is -2.22. The van der Waals surface area contributed by atoms with Crippen LogP contribution in [0.2, 0.25) is 0 Å². The molecule has 1 aliphatic carbocycles. The summed E-state index contributed by atoms with van der Waals surface area (Å²) in [6.07, 6.45) is 7.69. The van der Waals surface area contributed by atoms with E-state index in [2.05, 4.69) is 42.8 Å². The Bertz CT molecular complexity index is 371. The predicted molar refractivity (Wildman–Crippen MR) is 70.9 cm³/mol. The van der Waals surface area contributed by atoms with E-state index in [1.807, 2.05) is 0 Å². The van der Waals surface area contributed by atoms with Gasteiger partial charge in [0.15, 0.2) is 0 Å². The standard InChI is InChI=1S/C14H25N3/c1-4-12(3)17-8-6-13(16-17)10-14(15)7-5-11(2)9-14/h6,8,11-12H,4-5,7,9-10,15H2,1-3H3. The zero-order valence-corrected chi connectivity index (χ0v) is 11.3. The number of hydrogen-bond donors (Lipinski definition) is 1. The summed E-state index contributed by atoms with van der Waals surface area (Å²) in [7, 11) is 0. The molecule has 3 unspecified atom stereocenters. The van der Waals surface area contributed by atoms with Crippen molar-refractivity contribution in [3.05, 3.63) is 18.0 Å². The lowest BCUT2D eigenvalue weighted by Crippen LogP contribution is -2.39. The van der Waals surface area contributed by atoms with Gasteiger partial charge in [-0.15, -0.1) is 0 Å². The molecule has 2 N–H and O–H groups in total. The van der Waals surface area contributed by atoms with Crippen molar-refractivity contribution in [2.24, 2.45) is 11.7 Å². The Labute approximate surface area is 104 Å². The molecule has 3 atom stereocenters. The van der Waals surface area contributed by atoms with E-state index in [4.69, 9.17) is 5.73 Å². The Morgan fingerprint density at radius 2 is 2.41 bits per heavy atom. The first-order valence-electron chi connectivity index (χ1n) is 6.85. The molecule has 1 fully saturated rings. The molecule has 1 aromatic heterocycles. The third-order valence-electron chi connectivity index (χ3n) is 4.13. The van der Waals surface area contributed by atoms with E-state index >= 15 is 0 Å². The maximum absolute atomic E-state index is 6.45. The monoisotopic (exact) mass is 235 g/mol. The van der Waals surface area contributed by atoms with Crippen LogP contribution in [0.4, 0.5) is 0 Å². The van der Waals surface area contributed by atoms with Gasteiger partial charge >= 0.3 is 0 Å². The van der Waals surface area contributed by atoms with Gasteiger partial charge < -0.3 is 5.73 Å². The van der Waals surface area contributed by atoms with Crippen LogP contribution in [0, 0.1) is 5.92 Å². The van der Waals surface area contributed by atoms with Crippen LogP contribution in [0.5, 0.6) is 0 Å². The van der Waals surface area contributed by atoms with Gasteiger partial charge in [0.05, 0.1) is 5.69 Å². The fourth-order valence-electron chi connectivity index (χ4n) is 2.86. The summed E-state index contributed by atoms with van der Waals surface area (Å²) in [5.74, 6) is 0.775. The molecule has 0 radical (unpaired) electrons. The fourth-order valence-corrected chi connectivity index (χ4v) is 2.86. The molecule has 0 amide bonds. The minimum atomic E-state index is -0.00590. The SMILES string of the molecule is CCC(C)n1ccc(CC2(N)CCC(C)C2)n1. The molecule has 0 aliphatic heterocycles. The largest absolute Gasteiger partial charge is 0.325 e. The van der Waals surface area contributed by atoms with Crippen LogP contribution in [0.1, 0.15) is 58.2 Å². The molecule has 17 heavy (non-hydrogen) atoms. The average Bonchev–Trinajstić information content (AvgIpc) is 2.85. The molecular weight excluding hydrogens is 210 g/mol. The maximum atomic E-state index is 6.45. The number of nitrogens with two attached hydrogens (primary N) is 1. The molecule has 96 valence electrons. The topological polar surface area (TPSA) is 43.8 Å². The highest BCUT2D eigenvalue weighted by molar-refractivity contribution is 5.08. The maximum Gasteiger partial charge on any atom is 0.0643 e. The second-order valence-corrected chi connectivity index (χ2v) is 5.93. The molecule has 1 aromatic rings. The first-order valence-corrected chi connectivity index (χ1v) is 6.85.